The maximum atomic E-state index is 13.3. The van der Waals surface area contributed by atoms with Crippen molar-refractivity contribution in [1.29, 1.82) is 0 Å². The lowest BCUT2D eigenvalue weighted by atomic mass is 10.1. The Morgan fingerprint density at radius 1 is 1.04 bits per heavy atom. The molecule has 0 spiro atoms. The Kier molecular flexibility index (Phi) is 5.95. The lowest BCUT2D eigenvalue weighted by Gasteiger charge is -2.07. The maximum absolute atomic E-state index is 13.3. The predicted octanol–water partition coefficient (Wildman–Crippen LogP) is 4.07. The van der Waals surface area contributed by atoms with E-state index in [1.54, 1.807) is 31.2 Å². The SMILES string of the molecule is CCC(=O)/C(=C/c1ccc(F)c(F)c1)C(=O)OCc1ccccc1. The van der Waals surface area contributed by atoms with Crippen molar-refractivity contribution in [1.82, 2.24) is 0 Å². The van der Waals surface area contributed by atoms with Gasteiger partial charge >= 0.3 is 5.97 Å². The molecule has 24 heavy (non-hydrogen) atoms. The zero-order valence-corrected chi connectivity index (χ0v) is 13.1. The minimum absolute atomic E-state index is 0.0196. The van der Waals surface area contributed by atoms with Crippen molar-refractivity contribution in [2.45, 2.75) is 20.0 Å². The van der Waals surface area contributed by atoms with Gasteiger partial charge in [0, 0.05) is 6.42 Å². The van der Waals surface area contributed by atoms with E-state index in [0.29, 0.717) is 0 Å². The van der Waals surface area contributed by atoms with Gasteiger partial charge in [-0.1, -0.05) is 43.3 Å². The first kappa shape index (κ1) is 17.5. The number of rotatable bonds is 6. The second-order valence-corrected chi connectivity index (χ2v) is 5.07. The van der Waals surface area contributed by atoms with Gasteiger partial charge in [0.05, 0.1) is 0 Å². The molecule has 0 aliphatic rings. The molecule has 0 aliphatic carbocycles. The third kappa shape index (κ3) is 4.59. The summed E-state index contributed by atoms with van der Waals surface area (Å²) in [5, 5.41) is 0. The van der Waals surface area contributed by atoms with Gasteiger partial charge in [-0.3, -0.25) is 4.79 Å². The van der Waals surface area contributed by atoms with Crippen molar-refractivity contribution in [3.05, 3.63) is 76.9 Å². The molecule has 124 valence electrons. The van der Waals surface area contributed by atoms with Crippen molar-refractivity contribution in [2.75, 3.05) is 0 Å². The number of benzene rings is 2. The van der Waals surface area contributed by atoms with Crippen molar-refractivity contribution in [3.63, 3.8) is 0 Å². The standard InChI is InChI=1S/C19H16F2O3/c1-2-18(22)15(10-14-8-9-16(20)17(21)11-14)19(23)24-12-13-6-4-3-5-7-13/h3-11H,2,12H2,1H3/b15-10-. The minimum Gasteiger partial charge on any atom is -0.457 e. The molecule has 0 saturated carbocycles. The summed E-state index contributed by atoms with van der Waals surface area (Å²) in [6.45, 7) is 1.62. The fourth-order valence-electron chi connectivity index (χ4n) is 2.01. The first-order valence-electron chi connectivity index (χ1n) is 7.42. The fraction of sp³-hybridized carbons (Fsp3) is 0.158. The topological polar surface area (TPSA) is 43.4 Å². The van der Waals surface area contributed by atoms with E-state index >= 15 is 0 Å². The molecular formula is C19H16F2O3. The van der Waals surface area contributed by atoms with Crippen LogP contribution in [0.1, 0.15) is 24.5 Å². The van der Waals surface area contributed by atoms with E-state index in [0.717, 1.165) is 17.7 Å². The van der Waals surface area contributed by atoms with Crippen LogP contribution in [0.2, 0.25) is 0 Å². The van der Waals surface area contributed by atoms with Crippen LogP contribution in [-0.4, -0.2) is 11.8 Å². The van der Waals surface area contributed by atoms with Gasteiger partial charge < -0.3 is 4.74 Å². The van der Waals surface area contributed by atoms with Crippen LogP contribution in [-0.2, 0) is 20.9 Å². The number of carbonyl (C=O) groups is 2. The second kappa shape index (κ2) is 8.15. The lowest BCUT2D eigenvalue weighted by molar-refractivity contribution is -0.141. The highest BCUT2D eigenvalue weighted by Gasteiger charge is 2.18. The number of halogens is 2. The van der Waals surface area contributed by atoms with E-state index in [1.807, 2.05) is 6.07 Å². The molecule has 0 radical (unpaired) electrons. The summed E-state index contributed by atoms with van der Waals surface area (Å²) >= 11 is 0. The van der Waals surface area contributed by atoms with Crippen LogP contribution < -0.4 is 0 Å². The number of esters is 1. The fourth-order valence-corrected chi connectivity index (χ4v) is 2.01. The Morgan fingerprint density at radius 3 is 2.38 bits per heavy atom. The minimum atomic E-state index is -1.05. The highest BCUT2D eigenvalue weighted by Crippen LogP contribution is 2.15. The zero-order valence-electron chi connectivity index (χ0n) is 13.1. The Balaban J connectivity index is 2.20. The third-order valence-electron chi connectivity index (χ3n) is 3.31. The van der Waals surface area contributed by atoms with E-state index in [1.165, 1.54) is 12.1 Å². The van der Waals surface area contributed by atoms with E-state index < -0.39 is 23.4 Å². The number of hydrogen-bond acceptors (Lipinski definition) is 3. The summed E-state index contributed by atoms with van der Waals surface area (Å²) in [6, 6.07) is 12.2. The molecule has 0 unspecified atom stereocenters. The summed E-state index contributed by atoms with van der Waals surface area (Å²) < 4.78 is 31.4. The van der Waals surface area contributed by atoms with Crippen molar-refractivity contribution in [3.8, 4) is 0 Å². The maximum Gasteiger partial charge on any atom is 0.342 e. The van der Waals surface area contributed by atoms with Crippen molar-refractivity contribution >= 4 is 17.8 Å². The molecule has 0 aromatic heterocycles. The molecule has 0 fully saturated rings. The highest BCUT2D eigenvalue weighted by molar-refractivity contribution is 6.20. The van der Waals surface area contributed by atoms with Gasteiger partial charge in [0.2, 0.25) is 0 Å². The Labute approximate surface area is 138 Å². The predicted molar refractivity (Wildman–Crippen MR) is 85.9 cm³/mol. The average molecular weight is 330 g/mol. The van der Waals surface area contributed by atoms with Crippen LogP contribution in [0.5, 0.6) is 0 Å². The average Bonchev–Trinajstić information content (AvgIpc) is 2.60. The van der Waals surface area contributed by atoms with Crippen molar-refractivity contribution in [2.24, 2.45) is 0 Å². The van der Waals surface area contributed by atoms with Gasteiger partial charge in [-0.15, -0.1) is 0 Å². The summed E-state index contributed by atoms with van der Waals surface area (Å²) in [7, 11) is 0. The molecule has 2 aromatic rings. The van der Waals surface area contributed by atoms with Gasteiger partial charge in [-0.25, -0.2) is 13.6 Å². The molecule has 0 saturated heterocycles. The second-order valence-electron chi connectivity index (χ2n) is 5.07. The molecule has 0 N–H and O–H groups in total. The van der Waals surface area contributed by atoms with Crippen LogP contribution in [0, 0.1) is 11.6 Å². The smallest absolute Gasteiger partial charge is 0.342 e. The van der Waals surface area contributed by atoms with Crippen LogP contribution in [0.3, 0.4) is 0 Å². The summed E-state index contributed by atoms with van der Waals surface area (Å²) in [5.74, 6) is -3.28. The molecule has 0 heterocycles. The Hall–Kier alpha value is -2.82. The number of ether oxygens (including phenoxy) is 1. The van der Waals surface area contributed by atoms with Gasteiger partial charge in [0.25, 0.3) is 0 Å². The molecule has 0 amide bonds. The molecule has 3 nitrogen and oxygen atoms in total. The quantitative estimate of drug-likeness (QED) is 0.347. The molecule has 0 atom stereocenters. The largest absolute Gasteiger partial charge is 0.457 e. The Bertz CT molecular complexity index is 767. The number of Topliss-reactive ketones (excluding diaryl/α,β-unsaturated/α-hetero) is 1. The zero-order chi connectivity index (χ0) is 17.5. The number of hydrogen-bond donors (Lipinski definition) is 0. The molecule has 2 rings (SSSR count). The van der Waals surface area contributed by atoms with Crippen LogP contribution in [0.25, 0.3) is 6.08 Å². The van der Waals surface area contributed by atoms with E-state index in [-0.39, 0.29) is 24.2 Å². The van der Waals surface area contributed by atoms with E-state index in [2.05, 4.69) is 0 Å². The van der Waals surface area contributed by atoms with Gasteiger partial charge in [-0.2, -0.15) is 0 Å². The molecule has 5 heteroatoms. The summed E-state index contributed by atoms with van der Waals surface area (Å²) in [6.07, 6.45) is 1.30. The highest BCUT2D eigenvalue weighted by atomic mass is 19.2. The summed E-state index contributed by atoms with van der Waals surface area (Å²) in [5.41, 5.74) is 0.795. The van der Waals surface area contributed by atoms with Crippen LogP contribution >= 0.6 is 0 Å². The Morgan fingerprint density at radius 2 is 1.75 bits per heavy atom. The molecule has 0 bridgehead atoms. The summed E-state index contributed by atoms with van der Waals surface area (Å²) in [4.78, 5) is 24.2. The first-order chi connectivity index (χ1) is 11.5. The monoisotopic (exact) mass is 330 g/mol. The molecule has 2 aromatic carbocycles. The van der Waals surface area contributed by atoms with Gasteiger partial charge in [0.15, 0.2) is 17.4 Å². The van der Waals surface area contributed by atoms with Gasteiger partial charge in [0.1, 0.15) is 12.2 Å². The number of carbonyl (C=O) groups excluding carboxylic acids is 2. The lowest BCUT2D eigenvalue weighted by Crippen LogP contribution is -2.15. The molecular weight excluding hydrogens is 314 g/mol. The third-order valence-corrected chi connectivity index (χ3v) is 3.31. The van der Waals surface area contributed by atoms with E-state index in [4.69, 9.17) is 4.74 Å². The van der Waals surface area contributed by atoms with Crippen LogP contribution in [0.4, 0.5) is 8.78 Å². The first-order valence-corrected chi connectivity index (χ1v) is 7.42. The van der Waals surface area contributed by atoms with Crippen molar-refractivity contribution < 1.29 is 23.1 Å². The molecule has 0 aliphatic heterocycles. The number of ketones is 1. The van der Waals surface area contributed by atoms with Gasteiger partial charge in [-0.05, 0) is 29.3 Å². The normalized spacial score (nSPS) is 11.2. The van der Waals surface area contributed by atoms with E-state index in [9.17, 15) is 18.4 Å². The van der Waals surface area contributed by atoms with Crippen LogP contribution in [0.15, 0.2) is 54.1 Å².